The zero-order valence-electron chi connectivity index (χ0n) is 10.3. The number of hydrogen-bond donors (Lipinski definition) is 1. The fourth-order valence-electron chi connectivity index (χ4n) is 1.49. The number of amides is 2. The van der Waals surface area contributed by atoms with Crippen molar-refractivity contribution in [3.8, 4) is 0 Å². The minimum Gasteiger partial charge on any atom is -0.328 e. The second kappa shape index (κ2) is 6.16. The lowest BCUT2D eigenvalue weighted by Gasteiger charge is -2.17. The summed E-state index contributed by atoms with van der Waals surface area (Å²) in [6.07, 6.45) is 9.85. The minimum atomic E-state index is -0.0329. The van der Waals surface area contributed by atoms with Crippen LogP contribution in [-0.4, -0.2) is 24.5 Å². The van der Waals surface area contributed by atoms with E-state index in [2.05, 4.69) is 24.4 Å². The number of allylic oxidation sites excluding steroid dienone is 5. The van der Waals surface area contributed by atoms with E-state index >= 15 is 0 Å². The smallest absolute Gasteiger partial charge is 0.321 e. The number of urea groups is 1. The molecule has 3 nitrogen and oxygen atoms in total. The molecule has 0 unspecified atom stereocenters. The van der Waals surface area contributed by atoms with Crippen molar-refractivity contribution >= 4 is 6.03 Å². The number of carbonyl (C=O) groups excluding carboxylic acids is 1. The van der Waals surface area contributed by atoms with Crippen molar-refractivity contribution in [3.05, 3.63) is 35.6 Å². The maximum absolute atomic E-state index is 11.7. The summed E-state index contributed by atoms with van der Waals surface area (Å²) in [5, 5.41) is 2.92. The van der Waals surface area contributed by atoms with Gasteiger partial charge < -0.3 is 10.2 Å². The Bertz CT molecular complexity index is 340. The van der Waals surface area contributed by atoms with Gasteiger partial charge in [0.2, 0.25) is 0 Å². The normalized spacial score (nSPS) is 14.9. The van der Waals surface area contributed by atoms with Crippen LogP contribution < -0.4 is 5.32 Å². The number of hydrogen-bond acceptors (Lipinski definition) is 1. The number of carbonyl (C=O) groups is 1. The average Bonchev–Trinajstić information content (AvgIpc) is 2.44. The van der Waals surface area contributed by atoms with Crippen molar-refractivity contribution in [3.63, 3.8) is 0 Å². The van der Waals surface area contributed by atoms with Crippen LogP contribution in [0.5, 0.6) is 0 Å². The zero-order valence-corrected chi connectivity index (χ0v) is 10.3. The average molecular weight is 220 g/mol. The quantitative estimate of drug-likeness (QED) is 0.779. The number of nitrogens with one attached hydrogen (secondary N) is 1. The van der Waals surface area contributed by atoms with E-state index in [1.807, 2.05) is 26.1 Å². The molecule has 0 radical (unpaired) electrons. The van der Waals surface area contributed by atoms with Crippen LogP contribution in [-0.2, 0) is 0 Å². The zero-order chi connectivity index (χ0) is 12.0. The molecule has 1 rings (SSSR count). The Kier molecular flexibility index (Phi) is 4.83. The summed E-state index contributed by atoms with van der Waals surface area (Å²) in [6, 6.07) is -0.0329. The van der Waals surface area contributed by atoms with Gasteiger partial charge in [-0.15, -0.1) is 0 Å². The van der Waals surface area contributed by atoms with Crippen LogP contribution in [0, 0.1) is 0 Å². The highest BCUT2D eigenvalue weighted by Gasteiger charge is 2.08. The van der Waals surface area contributed by atoms with Crippen LogP contribution in [0.25, 0.3) is 0 Å². The molecule has 1 aliphatic carbocycles. The molecule has 16 heavy (non-hydrogen) atoms. The monoisotopic (exact) mass is 220 g/mol. The summed E-state index contributed by atoms with van der Waals surface area (Å²) in [5.74, 6) is 0. The van der Waals surface area contributed by atoms with Crippen molar-refractivity contribution < 1.29 is 4.79 Å². The first-order chi connectivity index (χ1) is 7.63. The van der Waals surface area contributed by atoms with Gasteiger partial charge in [0.15, 0.2) is 0 Å². The molecular formula is C13H20N2O. The standard InChI is InChI=1S/C13H20N2O/c1-4-10-15(3)13(16)14-12-7-5-6-11(2)8-9-12/h5-6,8-9H,4,7,10H2,1-3H3,(H,14,16). The molecule has 0 aromatic heterocycles. The third-order valence-electron chi connectivity index (χ3n) is 2.44. The Morgan fingerprint density at radius 2 is 2.25 bits per heavy atom. The molecule has 0 aromatic rings. The molecule has 88 valence electrons. The van der Waals surface area contributed by atoms with Crippen LogP contribution in [0.3, 0.4) is 0 Å². The van der Waals surface area contributed by atoms with E-state index in [0.717, 1.165) is 25.1 Å². The topological polar surface area (TPSA) is 32.3 Å². The van der Waals surface area contributed by atoms with E-state index in [0.29, 0.717) is 0 Å². The lowest BCUT2D eigenvalue weighted by atomic mass is 10.3. The second-order valence-corrected chi connectivity index (χ2v) is 4.06. The molecule has 1 aliphatic rings. The van der Waals surface area contributed by atoms with Gasteiger partial charge in [0.25, 0.3) is 0 Å². The van der Waals surface area contributed by atoms with Crippen molar-refractivity contribution in [1.82, 2.24) is 10.2 Å². The van der Waals surface area contributed by atoms with E-state index in [-0.39, 0.29) is 6.03 Å². The molecule has 0 saturated heterocycles. The molecule has 0 heterocycles. The Morgan fingerprint density at radius 1 is 1.50 bits per heavy atom. The largest absolute Gasteiger partial charge is 0.328 e. The van der Waals surface area contributed by atoms with Gasteiger partial charge >= 0.3 is 6.03 Å². The molecule has 0 spiro atoms. The first-order valence-corrected chi connectivity index (χ1v) is 5.69. The summed E-state index contributed by atoms with van der Waals surface area (Å²) in [5.41, 5.74) is 2.15. The lowest BCUT2D eigenvalue weighted by molar-refractivity contribution is 0.211. The summed E-state index contributed by atoms with van der Waals surface area (Å²) < 4.78 is 0. The predicted molar refractivity (Wildman–Crippen MR) is 67.0 cm³/mol. The van der Waals surface area contributed by atoms with E-state index in [1.54, 1.807) is 4.90 Å². The van der Waals surface area contributed by atoms with Gasteiger partial charge in [0.1, 0.15) is 0 Å². The highest BCUT2D eigenvalue weighted by Crippen LogP contribution is 2.08. The van der Waals surface area contributed by atoms with Crippen LogP contribution in [0.2, 0.25) is 0 Å². The van der Waals surface area contributed by atoms with E-state index < -0.39 is 0 Å². The van der Waals surface area contributed by atoms with E-state index in [1.165, 1.54) is 5.57 Å². The molecule has 0 aromatic carbocycles. The van der Waals surface area contributed by atoms with Gasteiger partial charge in [0, 0.05) is 25.7 Å². The molecule has 1 N–H and O–H groups in total. The van der Waals surface area contributed by atoms with E-state index in [9.17, 15) is 4.79 Å². The van der Waals surface area contributed by atoms with Crippen LogP contribution in [0.4, 0.5) is 4.79 Å². The fraction of sp³-hybridized carbons (Fsp3) is 0.462. The van der Waals surface area contributed by atoms with Crippen LogP contribution >= 0.6 is 0 Å². The molecule has 0 atom stereocenters. The first kappa shape index (κ1) is 12.6. The third kappa shape index (κ3) is 3.93. The van der Waals surface area contributed by atoms with Gasteiger partial charge in [0.05, 0.1) is 0 Å². The number of rotatable bonds is 3. The highest BCUT2D eigenvalue weighted by atomic mass is 16.2. The van der Waals surface area contributed by atoms with Crippen molar-refractivity contribution in [1.29, 1.82) is 0 Å². The van der Waals surface area contributed by atoms with Crippen molar-refractivity contribution in [2.24, 2.45) is 0 Å². The summed E-state index contributed by atoms with van der Waals surface area (Å²) in [7, 11) is 1.81. The molecular weight excluding hydrogens is 200 g/mol. The molecule has 0 bridgehead atoms. The molecule has 3 heteroatoms. The summed E-state index contributed by atoms with van der Waals surface area (Å²) in [4.78, 5) is 13.4. The van der Waals surface area contributed by atoms with Crippen molar-refractivity contribution in [2.75, 3.05) is 13.6 Å². The molecule has 0 saturated carbocycles. The first-order valence-electron chi connectivity index (χ1n) is 5.69. The SMILES string of the molecule is CCCN(C)C(=O)NC1=CC=C(C)C=CC1. The predicted octanol–water partition coefficient (Wildman–Crippen LogP) is 2.83. The van der Waals surface area contributed by atoms with Crippen LogP contribution in [0.1, 0.15) is 26.7 Å². The molecule has 0 fully saturated rings. The molecule has 0 aliphatic heterocycles. The van der Waals surface area contributed by atoms with Gasteiger partial charge in [-0.3, -0.25) is 0 Å². The number of nitrogens with zero attached hydrogens (tertiary/aromatic N) is 1. The van der Waals surface area contributed by atoms with Crippen LogP contribution in [0.15, 0.2) is 35.6 Å². The maximum Gasteiger partial charge on any atom is 0.321 e. The lowest BCUT2D eigenvalue weighted by Crippen LogP contribution is -2.37. The minimum absolute atomic E-state index is 0.0329. The van der Waals surface area contributed by atoms with Crippen molar-refractivity contribution in [2.45, 2.75) is 26.7 Å². The summed E-state index contributed by atoms with van der Waals surface area (Å²) in [6.45, 7) is 4.88. The van der Waals surface area contributed by atoms with E-state index in [4.69, 9.17) is 0 Å². The van der Waals surface area contributed by atoms with Gasteiger partial charge in [-0.05, 0) is 19.4 Å². The van der Waals surface area contributed by atoms with Gasteiger partial charge in [-0.25, -0.2) is 4.79 Å². The fourth-order valence-corrected chi connectivity index (χ4v) is 1.49. The summed E-state index contributed by atoms with van der Waals surface area (Å²) >= 11 is 0. The third-order valence-corrected chi connectivity index (χ3v) is 2.44. The maximum atomic E-state index is 11.7. The Hall–Kier alpha value is -1.51. The molecule has 2 amide bonds. The Balaban J connectivity index is 2.55. The highest BCUT2D eigenvalue weighted by molar-refractivity contribution is 5.76. The Labute approximate surface area is 97.5 Å². The van der Waals surface area contributed by atoms with Gasteiger partial charge in [-0.1, -0.05) is 30.7 Å². The van der Waals surface area contributed by atoms with Gasteiger partial charge in [-0.2, -0.15) is 0 Å². The Morgan fingerprint density at radius 3 is 2.94 bits per heavy atom. The second-order valence-electron chi connectivity index (χ2n) is 4.06.